The van der Waals surface area contributed by atoms with Gasteiger partial charge in [-0.25, -0.2) is 4.68 Å². The molecule has 0 saturated heterocycles. The summed E-state index contributed by atoms with van der Waals surface area (Å²) >= 11 is 12.0. The first-order valence-electron chi connectivity index (χ1n) is 5.20. The molecule has 0 saturated carbocycles. The minimum absolute atomic E-state index is 0.610. The highest BCUT2D eigenvalue weighted by molar-refractivity contribution is 6.35. The molecule has 0 aliphatic carbocycles. The second-order valence-electron chi connectivity index (χ2n) is 3.60. The van der Waals surface area contributed by atoms with E-state index in [1.807, 2.05) is 24.4 Å². The average Bonchev–Trinajstić information content (AvgIpc) is 2.67. The molecule has 4 heteroatoms. The first kappa shape index (κ1) is 11.5. The first-order chi connectivity index (χ1) is 7.70. The van der Waals surface area contributed by atoms with Crippen molar-refractivity contribution in [3.8, 4) is 5.69 Å². The lowest BCUT2D eigenvalue weighted by molar-refractivity contribution is 0.807. The smallest absolute Gasteiger partial charge is 0.0832 e. The van der Waals surface area contributed by atoms with E-state index in [1.54, 1.807) is 10.7 Å². The van der Waals surface area contributed by atoms with Gasteiger partial charge in [-0.15, -0.1) is 0 Å². The van der Waals surface area contributed by atoms with Gasteiger partial charge in [-0.3, -0.25) is 0 Å². The number of halogens is 2. The van der Waals surface area contributed by atoms with Gasteiger partial charge in [0.2, 0.25) is 0 Å². The van der Waals surface area contributed by atoms with Crippen molar-refractivity contribution in [1.29, 1.82) is 0 Å². The van der Waals surface area contributed by atoms with Crippen molar-refractivity contribution in [1.82, 2.24) is 9.78 Å². The van der Waals surface area contributed by atoms with Crippen LogP contribution in [0.15, 0.2) is 30.5 Å². The van der Waals surface area contributed by atoms with Gasteiger partial charge in [0.25, 0.3) is 0 Å². The highest BCUT2D eigenvalue weighted by atomic mass is 35.5. The van der Waals surface area contributed by atoms with E-state index in [0.29, 0.717) is 10.0 Å². The SMILES string of the molecule is CCCc1ccn(-c2ccc(Cl)cc2Cl)n1. The van der Waals surface area contributed by atoms with Crippen LogP contribution < -0.4 is 0 Å². The van der Waals surface area contributed by atoms with E-state index < -0.39 is 0 Å². The summed E-state index contributed by atoms with van der Waals surface area (Å²) in [5.74, 6) is 0. The number of hydrogen-bond acceptors (Lipinski definition) is 1. The third-order valence-electron chi connectivity index (χ3n) is 2.31. The molecular weight excluding hydrogens is 243 g/mol. The van der Waals surface area contributed by atoms with E-state index in [2.05, 4.69) is 12.0 Å². The number of rotatable bonds is 3. The molecule has 1 heterocycles. The molecular formula is C12H12Cl2N2. The maximum atomic E-state index is 6.11. The highest BCUT2D eigenvalue weighted by Crippen LogP contribution is 2.23. The molecule has 2 nitrogen and oxygen atoms in total. The van der Waals surface area contributed by atoms with Crippen molar-refractivity contribution in [2.75, 3.05) is 0 Å². The van der Waals surface area contributed by atoms with E-state index >= 15 is 0 Å². The normalized spacial score (nSPS) is 10.7. The van der Waals surface area contributed by atoms with Crippen LogP contribution in [-0.2, 0) is 6.42 Å². The molecule has 16 heavy (non-hydrogen) atoms. The summed E-state index contributed by atoms with van der Waals surface area (Å²) in [7, 11) is 0. The molecule has 0 radical (unpaired) electrons. The summed E-state index contributed by atoms with van der Waals surface area (Å²) < 4.78 is 1.78. The summed E-state index contributed by atoms with van der Waals surface area (Å²) in [6.07, 6.45) is 3.99. The van der Waals surface area contributed by atoms with Gasteiger partial charge >= 0.3 is 0 Å². The predicted octanol–water partition coefficient (Wildman–Crippen LogP) is 4.13. The number of aryl methyl sites for hydroxylation is 1. The lowest BCUT2D eigenvalue weighted by Crippen LogP contribution is -1.97. The molecule has 0 bridgehead atoms. The van der Waals surface area contributed by atoms with Crippen LogP contribution in [0.1, 0.15) is 19.0 Å². The van der Waals surface area contributed by atoms with Gasteiger partial charge < -0.3 is 0 Å². The zero-order valence-electron chi connectivity index (χ0n) is 8.95. The van der Waals surface area contributed by atoms with E-state index in [9.17, 15) is 0 Å². The Morgan fingerprint density at radius 3 is 2.75 bits per heavy atom. The van der Waals surface area contributed by atoms with Crippen LogP contribution in [0.3, 0.4) is 0 Å². The molecule has 0 unspecified atom stereocenters. The Balaban J connectivity index is 2.35. The van der Waals surface area contributed by atoms with Crippen LogP contribution in [0.2, 0.25) is 10.0 Å². The lowest BCUT2D eigenvalue weighted by atomic mass is 10.3. The third-order valence-corrected chi connectivity index (χ3v) is 2.84. The summed E-state index contributed by atoms with van der Waals surface area (Å²) in [6, 6.07) is 7.41. The van der Waals surface area contributed by atoms with Crippen LogP contribution in [-0.4, -0.2) is 9.78 Å². The van der Waals surface area contributed by atoms with Gasteiger partial charge in [-0.05, 0) is 30.7 Å². The van der Waals surface area contributed by atoms with Gasteiger partial charge in [-0.2, -0.15) is 5.10 Å². The quantitative estimate of drug-likeness (QED) is 0.806. The van der Waals surface area contributed by atoms with Crippen molar-refractivity contribution < 1.29 is 0 Å². The van der Waals surface area contributed by atoms with Gasteiger partial charge in [0.05, 0.1) is 16.4 Å². The molecule has 84 valence electrons. The largest absolute Gasteiger partial charge is 0.239 e. The number of nitrogens with zero attached hydrogens (tertiary/aromatic N) is 2. The van der Waals surface area contributed by atoms with Crippen LogP contribution in [0.4, 0.5) is 0 Å². The predicted molar refractivity (Wildman–Crippen MR) is 67.6 cm³/mol. The third kappa shape index (κ3) is 2.39. The summed E-state index contributed by atoms with van der Waals surface area (Å²) in [5.41, 5.74) is 1.93. The van der Waals surface area contributed by atoms with E-state index in [4.69, 9.17) is 23.2 Å². The second-order valence-corrected chi connectivity index (χ2v) is 4.44. The average molecular weight is 255 g/mol. The van der Waals surface area contributed by atoms with Crippen molar-refractivity contribution >= 4 is 23.2 Å². The van der Waals surface area contributed by atoms with Crippen molar-refractivity contribution in [3.63, 3.8) is 0 Å². The molecule has 0 aliphatic heterocycles. The fourth-order valence-electron chi connectivity index (χ4n) is 1.55. The fourth-order valence-corrected chi connectivity index (χ4v) is 2.05. The Hall–Kier alpha value is -0.990. The number of hydrogen-bond donors (Lipinski definition) is 0. The zero-order chi connectivity index (χ0) is 11.5. The molecule has 0 fully saturated rings. The minimum atomic E-state index is 0.610. The number of aromatic nitrogens is 2. The van der Waals surface area contributed by atoms with Crippen LogP contribution in [0.5, 0.6) is 0 Å². The van der Waals surface area contributed by atoms with Gasteiger partial charge in [0.1, 0.15) is 0 Å². The van der Waals surface area contributed by atoms with Gasteiger partial charge in [0.15, 0.2) is 0 Å². The van der Waals surface area contributed by atoms with Gasteiger partial charge in [-0.1, -0.05) is 36.5 Å². The maximum Gasteiger partial charge on any atom is 0.0832 e. The maximum absolute atomic E-state index is 6.11. The van der Waals surface area contributed by atoms with Gasteiger partial charge in [0, 0.05) is 11.2 Å². The Bertz CT molecular complexity index is 492. The molecule has 1 aromatic carbocycles. The molecule has 0 aliphatic rings. The topological polar surface area (TPSA) is 17.8 Å². The van der Waals surface area contributed by atoms with E-state index in [0.717, 1.165) is 24.2 Å². The summed E-state index contributed by atoms with van der Waals surface area (Å²) in [6.45, 7) is 2.13. The Labute approximate surface area is 105 Å². The molecule has 0 N–H and O–H groups in total. The minimum Gasteiger partial charge on any atom is -0.239 e. The summed E-state index contributed by atoms with van der Waals surface area (Å²) in [4.78, 5) is 0. The first-order valence-corrected chi connectivity index (χ1v) is 5.96. The lowest BCUT2D eigenvalue weighted by Gasteiger charge is -2.04. The standard InChI is InChI=1S/C12H12Cl2N2/c1-2-3-10-6-7-16(15-10)12-5-4-9(13)8-11(12)14/h4-8H,2-3H2,1H3. The Morgan fingerprint density at radius 2 is 2.06 bits per heavy atom. The van der Waals surface area contributed by atoms with E-state index in [1.165, 1.54) is 0 Å². The molecule has 0 amide bonds. The zero-order valence-corrected chi connectivity index (χ0v) is 10.5. The second kappa shape index (κ2) is 4.89. The molecule has 2 aromatic rings. The monoisotopic (exact) mass is 254 g/mol. The van der Waals surface area contributed by atoms with Crippen molar-refractivity contribution in [2.45, 2.75) is 19.8 Å². The molecule has 2 rings (SSSR count). The van der Waals surface area contributed by atoms with E-state index in [-0.39, 0.29) is 0 Å². The fraction of sp³-hybridized carbons (Fsp3) is 0.250. The molecule has 1 aromatic heterocycles. The molecule has 0 spiro atoms. The van der Waals surface area contributed by atoms with Crippen LogP contribution >= 0.6 is 23.2 Å². The highest BCUT2D eigenvalue weighted by Gasteiger charge is 2.05. The summed E-state index contributed by atoms with van der Waals surface area (Å²) in [5, 5.41) is 5.69. The van der Waals surface area contributed by atoms with Crippen LogP contribution in [0.25, 0.3) is 5.69 Å². The van der Waals surface area contributed by atoms with Crippen molar-refractivity contribution in [3.05, 3.63) is 46.2 Å². The number of benzene rings is 1. The Kier molecular flexibility index (Phi) is 3.52. The Morgan fingerprint density at radius 1 is 1.25 bits per heavy atom. The van der Waals surface area contributed by atoms with Crippen molar-refractivity contribution in [2.24, 2.45) is 0 Å². The molecule has 0 atom stereocenters. The van der Waals surface area contributed by atoms with Crippen LogP contribution in [0, 0.1) is 0 Å².